The summed E-state index contributed by atoms with van der Waals surface area (Å²) in [4.78, 5) is 13.6. The smallest absolute Gasteiger partial charge is 0.260 e. The van der Waals surface area contributed by atoms with Gasteiger partial charge < -0.3 is 14.4 Å². The van der Waals surface area contributed by atoms with Crippen molar-refractivity contribution >= 4 is 5.91 Å². The molecule has 0 spiro atoms. The van der Waals surface area contributed by atoms with E-state index in [-0.39, 0.29) is 18.3 Å². The summed E-state index contributed by atoms with van der Waals surface area (Å²) in [5.74, 6) is 0.100. The van der Waals surface area contributed by atoms with E-state index in [4.69, 9.17) is 9.47 Å². The molecule has 0 bridgehead atoms. The predicted molar refractivity (Wildman–Crippen MR) is 81.4 cm³/mol. The van der Waals surface area contributed by atoms with Crippen molar-refractivity contribution in [3.63, 3.8) is 0 Å². The van der Waals surface area contributed by atoms with Gasteiger partial charge in [-0.2, -0.15) is 0 Å². The highest BCUT2D eigenvalue weighted by Crippen LogP contribution is 2.16. The van der Waals surface area contributed by atoms with Crippen LogP contribution in [0.5, 0.6) is 11.5 Å². The molecule has 0 radical (unpaired) electrons. The number of carbonyl (C=O) groups is 1. The summed E-state index contributed by atoms with van der Waals surface area (Å²) in [6.45, 7) is 0.220. The van der Waals surface area contributed by atoms with E-state index in [1.807, 2.05) is 24.3 Å². The van der Waals surface area contributed by atoms with E-state index in [0.29, 0.717) is 6.54 Å². The Kier molecular flexibility index (Phi) is 5.36. The number of ether oxygens (including phenoxy) is 2. The molecular weight excluding hydrogens is 285 g/mol. The molecule has 0 heterocycles. The Morgan fingerprint density at radius 3 is 2.68 bits per heavy atom. The molecule has 2 rings (SSSR count). The second kappa shape index (κ2) is 7.45. The lowest BCUT2D eigenvalue weighted by Crippen LogP contribution is -2.31. The molecule has 0 saturated heterocycles. The number of rotatable bonds is 6. The molecule has 0 aliphatic heterocycles. The fourth-order valence-electron chi connectivity index (χ4n) is 1.94. The van der Waals surface area contributed by atoms with Crippen LogP contribution in [0.25, 0.3) is 0 Å². The summed E-state index contributed by atoms with van der Waals surface area (Å²) in [5, 5.41) is 0. The summed E-state index contributed by atoms with van der Waals surface area (Å²) in [6, 6.07) is 13.5. The number of para-hydroxylation sites is 1. The Morgan fingerprint density at radius 1 is 1.18 bits per heavy atom. The number of likely N-dealkylation sites (N-methyl/N-ethyl adjacent to an activating group) is 1. The standard InChI is InChI=1S/C17H18FNO3/c1-19(11-13-6-5-7-14(10-13)21-2)17(20)12-22-16-9-4-3-8-15(16)18/h3-10H,11-12H2,1-2H3. The topological polar surface area (TPSA) is 38.8 Å². The molecule has 5 heteroatoms. The van der Waals surface area contributed by atoms with Crippen LogP contribution in [-0.2, 0) is 11.3 Å². The van der Waals surface area contributed by atoms with Gasteiger partial charge in [0.15, 0.2) is 18.2 Å². The van der Waals surface area contributed by atoms with Gasteiger partial charge in [-0.25, -0.2) is 4.39 Å². The normalized spacial score (nSPS) is 10.1. The predicted octanol–water partition coefficient (Wildman–Crippen LogP) is 2.87. The first kappa shape index (κ1) is 15.8. The lowest BCUT2D eigenvalue weighted by Gasteiger charge is -2.18. The van der Waals surface area contributed by atoms with Crippen LogP contribution in [-0.4, -0.2) is 31.6 Å². The fourth-order valence-corrected chi connectivity index (χ4v) is 1.94. The van der Waals surface area contributed by atoms with Crippen LogP contribution in [0, 0.1) is 5.82 Å². The van der Waals surface area contributed by atoms with Crippen molar-refractivity contribution in [1.29, 1.82) is 0 Å². The van der Waals surface area contributed by atoms with Gasteiger partial charge in [0, 0.05) is 13.6 Å². The van der Waals surface area contributed by atoms with Crippen LogP contribution in [0.2, 0.25) is 0 Å². The number of methoxy groups -OCH3 is 1. The number of benzene rings is 2. The van der Waals surface area contributed by atoms with E-state index < -0.39 is 5.82 Å². The number of amides is 1. The zero-order chi connectivity index (χ0) is 15.9. The van der Waals surface area contributed by atoms with Crippen molar-refractivity contribution in [1.82, 2.24) is 4.90 Å². The highest BCUT2D eigenvalue weighted by atomic mass is 19.1. The molecule has 0 N–H and O–H groups in total. The quantitative estimate of drug-likeness (QED) is 0.823. The van der Waals surface area contributed by atoms with Crippen LogP contribution in [0.15, 0.2) is 48.5 Å². The first-order valence-corrected chi connectivity index (χ1v) is 6.84. The van der Waals surface area contributed by atoms with Crippen molar-refractivity contribution in [3.05, 3.63) is 59.9 Å². The Hall–Kier alpha value is -2.56. The summed E-state index contributed by atoms with van der Waals surface area (Å²) >= 11 is 0. The molecule has 1 amide bonds. The number of carbonyl (C=O) groups excluding carboxylic acids is 1. The Balaban J connectivity index is 1.90. The summed E-state index contributed by atoms with van der Waals surface area (Å²) < 4.78 is 23.8. The molecule has 0 aliphatic rings. The molecule has 0 saturated carbocycles. The Labute approximate surface area is 129 Å². The number of halogens is 1. The van der Waals surface area contributed by atoms with Crippen molar-refractivity contribution in [2.24, 2.45) is 0 Å². The van der Waals surface area contributed by atoms with Gasteiger partial charge in [0.2, 0.25) is 0 Å². The van der Waals surface area contributed by atoms with Gasteiger partial charge in [-0.15, -0.1) is 0 Å². The fraction of sp³-hybridized carbons (Fsp3) is 0.235. The second-order valence-electron chi connectivity index (χ2n) is 4.82. The van der Waals surface area contributed by atoms with Gasteiger partial charge >= 0.3 is 0 Å². The monoisotopic (exact) mass is 303 g/mol. The van der Waals surface area contributed by atoms with Crippen molar-refractivity contribution in [2.75, 3.05) is 20.8 Å². The van der Waals surface area contributed by atoms with E-state index in [1.165, 1.54) is 17.0 Å². The maximum atomic E-state index is 13.4. The number of hydrogen-bond donors (Lipinski definition) is 0. The molecule has 0 fully saturated rings. The van der Waals surface area contributed by atoms with Crippen LogP contribution in [0.1, 0.15) is 5.56 Å². The van der Waals surface area contributed by atoms with Crippen LogP contribution >= 0.6 is 0 Å². The van der Waals surface area contributed by atoms with Crippen molar-refractivity contribution in [2.45, 2.75) is 6.54 Å². The van der Waals surface area contributed by atoms with Gasteiger partial charge in [-0.3, -0.25) is 4.79 Å². The molecule has 2 aromatic rings. The minimum Gasteiger partial charge on any atom is -0.497 e. The summed E-state index contributed by atoms with van der Waals surface area (Å²) in [5.41, 5.74) is 0.945. The second-order valence-corrected chi connectivity index (χ2v) is 4.82. The molecular formula is C17H18FNO3. The molecule has 0 aromatic heterocycles. The molecule has 0 unspecified atom stereocenters. The minimum absolute atomic E-state index is 0.0747. The lowest BCUT2D eigenvalue weighted by molar-refractivity contribution is -0.132. The van der Waals surface area contributed by atoms with Crippen LogP contribution in [0.3, 0.4) is 0 Å². The average Bonchev–Trinajstić information content (AvgIpc) is 2.54. The van der Waals surface area contributed by atoms with E-state index in [1.54, 1.807) is 26.3 Å². The van der Waals surface area contributed by atoms with Gasteiger partial charge in [-0.05, 0) is 29.8 Å². The lowest BCUT2D eigenvalue weighted by atomic mass is 10.2. The third-order valence-electron chi connectivity index (χ3n) is 3.17. The first-order chi connectivity index (χ1) is 10.6. The Morgan fingerprint density at radius 2 is 1.95 bits per heavy atom. The highest BCUT2D eigenvalue weighted by Gasteiger charge is 2.12. The van der Waals surface area contributed by atoms with Crippen molar-refractivity contribution in [3.8, 4) is 11.5 Å². The maximum Gasteiger partial charge on any atom is 0.260 e. The zero-order valence-electron chi connectivity index (χ0n) is 12.6. The average molecular weight is 303 g/mol. The van der Waals surface area contributed by atoms with Crippen molar-refractivity contribution < 1.29 is 18.7 Å². The summed E-state index contributed by atoms with van der Waals surface area (Å²) in [6.07, 6.45) is 0. The SMILES string of the molecule is COc1cccc(CN(C)C(=O)COc2ccccc2F)c1. The van der Waals surface area contributed by atoms with Gasteiger partial charge in [-0.1, -0.05) is 24.3 Å². The molecule has 116 valence electrons. The van der Waals surface area contributed by atoms with E-state index in [2.05, 4.69) is 0 Å². The highest BCUT2D eigenvalue weighted by molar-refractivity contribution is 5.77. The van der Waals surface area contributed by atoms with Gasteiger partial charge in [0.1, 0.15) is 5.75 Å². The molecule has 0 atom stereocenters. The Bertz CT molecular complexity index is 645. The number of nitrogens with zero attached hydrogens (tertiary/aromatic N) is 1. The largest absolute Gasteiger partial charge is 0.497 e. The molecule has 2 aromatic carbocycles. The third-order valence-corrected chi connectivity index (χ3v) is 3.17. The van der Waals surface area contributed by atoms with Gasteiger partial charge in [0.25, 0.3) is 5.91 Å². The third kappa shape index (κ3) is 4.22. The molecule has 22 heavy (non-hydrogen) atoms. The first-order valence-electron chi connectivity index (χ1n) is 6.84. The summed E-state index contributed by atoms with van der Waals surface area (Å²) in [7, 11) is 3.27. The number of hydrogen-bond acceptors (Lipinski definition) is 3. The van der Waals surface area contributed by atoms with E-state index >= 15 is 0 Å². The van der Waals surface area contributed by atoms with Crippen LogP contribution < -0.4 is 9.47 Å². The van der Waals surface area contributed by atoms with E-state index in [0.717, 1.165) is 11.3 Å². The maximum absolute atomic E-state index is 13.4. The minimum atomic E-state index is -0.481. The zero-order valence-corrected chi connectivity index (χ0v) is 12.6. The van der Waals surface area contributed by atoms with Crippen LogP contribution in [0.4, 0.5) is 4.39 Å². The molecule has 4 nitrogen and oxygen atoms in total. The van der Waals surface area contributed by atoms with Gasteiger partial charge in [0.05, 0.1) is 7.11 Å². The van der Waals surface area contributed by atoms with E-state index in [9.17, 15) is 9.18 Å². The molecule has 0 aliphatic carbocycles.